The number of benzene rings is 2. The Morgan fingerprint density at radius 3 is 2.09 bits per heavy atom. The van der Waals surface area contributed by atoms with Crippen LogP contribution in [0.4, 0.5) is 0 Å². The number of hydrogen-bond donors (Lipinski definition) is 1. The van der Waals surface area contributed by atoms with E-state index in [1.165, 1.54) is 0 Å². The highest BCUT2D eigenvalue weighted by Crippen LogP contribution is 2.11. The Labute approximate surface area is 129 Å². The molecular weight excluding hydrogens is 280 g/mol. The first-order valence-corrected chi connectivity index (χ1v) is 7.03. The Hall–Kier alpha value is -2.46. The molecule has 4 heteroatoms. The van der Waals surface area contributed by atoms with Crippen LogP contribution in [-0.2, 0) is 11.3 Å². The lowest BCUT2D eigenvalue weighted by Crippen LogP contribution is -2.24. The SMILES string of the molecule is Cc1ccc(C(=O)[C@H](C)OC(=O)c2ccc(CO)cc2)cc1. The average Bonchev–Trinajstić information content (AvgIpc) is 2.54. The molecule has 0 amide bonds. The van der Waals surface area contributed by atoms with Crippen LogP contribution < -0.4 is 0 Å². The van der Waals surface area contributed by atoms with Crippen LogP contribution in [-0.4, -0.2) is 23.0 Å². The zero-order valence-corrected chi connectivity index (χ0v) is 12.6. The number of Topliss-reactive ketones (excluding diaryl/α,β-unsaturated/α-hetero) is 1. The number of hydrogen-bond acceptors (Lipinski definition) is 4. The molecule has 0 aliphatic heterocycles. The number of aryl methyl sites for hydroxylation is 1. The van der Waals surface area contributed by atoms with Crippen LogP contribution in [0, 0.1) is 6.92 Å². The van der Waals surface area contributed by atoms with E-state index in [0.717, 1.165) is 5.56 Å². The lowest BCUT2D eigenvalue weighted by Gasteiger charge is -2.12. The highest BCUT2D eigenvalue weighted by atomic mass is 16.5. The minimum Gasteiger partial charge on any atom is -0.451 e. The fraction of sp³-hybridized carbons (Fsp3) is 0.222. The van der Waals surface area contributed by atoms with E-state index < -0.39 is 12.1 Å². The van der Waals surface area contributed by atoms with Crippen LogP contribution in [0.1, 0.15) is 38.8 Å². The predicted molar refractivity (Wildman–Crippen MR) is 82.8 cm³/mol. The number of carbonyl (C=O) groups is 2. The van der Waals surface area contributed by atoms with E-state index >= 15 is 0 Å². The van der Waals surface area contributed by atoms with Gasteiger partial charge in [0.2, 0.25) is 5.78 Å². The molecule has 22 heavy (non-hydrogen) atoms. The molecule has 0 aliphatic rings. The Morgan fingerprint density at radius 2 is 1.55 bits per heavy atom. The molecule has 0 saturated heterocycles. The zero-order valence-electron chi connectivity index (χ0n) is 12.6. The largest absolute Gasteiger partial charge is 0.451 e. The Bertz CT molecular complexity index is 656. The monoisotopic (exact) mass is 298 g/mol. The van der Waals surface area contributed by atoms with E-state index in [4.69, 9.17) is 9.84 Å². The van der Waals surface area contributed by atoms with Crippen molar-refractivity contribution in [1.82, 2.24) is 0 Å². The summed E-state index contributed by atoms with van der Waals surface area (Å²) in [6, 6.07) is 13.5. The van der Waals surface area contributed by atoms with Gasteiger partial charge in [0.25, 0.3) is 0 Å². The normalized spacial score (nSPS) is 11.8. The van der Waals surface area contributed by atoms with Crippen molar-refractivity contribution in [3.8, 4) is 0 Å². The van der Waals surface area contributed by atoms with Crippen LogP contribution in [0.15, 0.2) is 48.5 Å². The molecule has 114 valence electrons. The van der Waals surface area contributed by atoms with Gasteiger partial charge in [0.1, 0.15) is 0 Å². The van der Waals surface area contributed by atoms with Crippen LogP contribution in [0.3, 0.4) is 0 Å². The van der Waals surface area contributed by atoms with Gasteiger partial charge in [-0.2, -0.15) is 0 Å². The molecule has 0 aromatic heterocycles. The molecule has 0 heterocycles. The number of esters is 1. The first kappa shape index (κ1) is 15.9. The minimum atomic E-state index is -0.854. The molecule has 1 N–H and O–H groups in total. The summed E-state index contributed by atoms with van der Waals surface area (Å²) in [6.45, 7) is 3.41. The second kappa shape index (κ2) is 7.00. The Morgan fingerprint density at radius 1 is 1.00 bits per heavy atom. The summed E-state index contributed by atoms with van der Waals surface area (Å²) < 4.78 is 5.21. The summed E-state index contributed by atoms with van der Waals surface area (Å²) in [5.74, 6) is -0.794. The standard InChI is InChI=1S/C18H18O4/c1-12-3-7-15(8-4-12)17(20)13(2)22-18(21)16-9-5-14(11-19)6-10-16/h3-10,13,19H,11H2,1-2H3/t13-/m0/s1. The maximum Gasteiger partial charge on any atom is 0.338 e. The van der Waals surface area contributed by atoms with Crippen molar-refractivity contribution in [2.75, 3.05) is 0 Å². The third kappa shape index (κ3) is 3.80. The smallest absolute Gasteiger partial charge is 0.338 e. The molecule has 0 fully saturated rings. The summed E-state index contributed by atoms with van der Waals surface area (Å²) in [5, 5.41) is 8.97. The highest BCUT2D eigenvalue weighted by molar-refractivity contribution is 6.01. The molecule has 0 spiro atoms. The Kier molecular flexibility index (Phi) is 5.07. The molecule has 0 unspecified atom stereocenters. The maximum absolute atomic E-state index is 12.2. The molecule has 0 aliphatic carbocycles. The van der Waals surface area contributed by atoms with Gasteiger partial charge in [-0.05, 0) is 31.5 Å². The molecule has 4 nitrogen and oxygen atoms in total. The van der Waals surface area contributed by atoms with E-state index in [9.17, 15) is 9.59 Å². The fourth-order valence-corrected chi connectivity index (χ4v) is 1.98. The lowest BCUT2D eigenvalue weighted by atomic mass is 10.1. The van der Waals surface area contributed by atoms with Gasteiger partial charge in [0, 0.05) is 5.56 Å². The summed E-state index contributed by atoms with van der Waals surface area (Å²) in [6.07, 6.45) is -0.854. The van der Waals surface area contributed by atoms with Crippen LogP contribution in [0.25, 0.3) is 0 Å². The van der Waals surface area contributed by atoms with Gasteiger partial charge in [-0.15, -0.1) is 0 Å². The van der Waals surface area contributed by atoms with Gasteiger partial charge in [0.05, 0.1) is 12.2 Å². The van der Waals surface area contributed by atoms with Crippen molar-refractivity contribution >= 4 is 11.8 Å². The molecular formula is C18H18O4. The predicted octanol–water partition coefficient (Wildman–Crippen LogP) is 2.92. The van der Waals surface area contributed by atoms with Crippen LogP contribution >= 0.6 is 0 Å². The number of rotatable bonds is 5. The molecule has 0 saturated carbocycles. The number of ketones is 1. The van der Waals surface area contributed by atoms with Crippen molar-refractivity contribution in [2.45, 2.75) is 26.6 Å². The number of aliphatic hydroxyl groups is 1. The van der Waals surface area contributed by atoms with Gasteiger partial charge >= 0.3 is 5.97 Å². The van der Waals surface area contributed by atoms with E-state index in [1.54, 1.807) is 43.3 Å². The van der Waals surface area contributed by atoms with Crippen molar-refractivity contribution < 1.29 is 19.4 Å². The second-order valence-electron chi connectivity index (χ2n) is 5.13. The van der Waals surface area contributed by atoms with Gasteiger partial charge in [0.15, 0.2) is 6.10 Å². The van der Waals surface area contributed by atoms with E-state index in [-0.39, 0.29) is 12.4 Å². The van der Waals surface area contributed by atoms with Crippen molar-refractivity contribution in [1.29, 1.82) is 0 Å². The number of aliphatic hydroxyl groups excluding tert-OH is 1. The third-order valence-corrected chi connectivity index (χ3v) is 3.36. The van der Waals surface area contributed by atoms with Gasteiger partial charge in [-0.1, -0.05) is 42.0 Å². The lowest BCUT2D eigenvalue weighted by molar-refractivity contribution is 0.0319. The molecule has 1 atom stereocenters. The molecule has 2 aromatic carbocycles. The molecule has 2 rings (SSSR count). The minimum absolute atomic E-state index is 0.0857. The van der Waals surface area contributed by atoms with Crippen molar-refractivity contribution in [3.63, 3.8) is 0 Å². The zero-order chi connectivity index (χ0) is 16.1. The van der Waals surface area contributed by atoms with Gasteiger partial charge < -0.3 is 9.84 Å². The van der Waals surface area contributed by atoms with E-state index in [0.29, 0.717) is 16.7 Å². The molecule has 2 aromatic rings. The summed E-state index contributed by atoms with van der Waals surface area (Å²) >= 11 is 0. The van der Waals surface area contributed by atoms with Crippen LogP contribution in [0.2, 0.25) is 0 Å². The first-order valence-electron chi connectivity index (χ1n) is 7.03. The quantitative estimate of drug-likeness (QED) is 0.681. The maximum atomic E-state index is 12.2. The number of carbonyl (C=O) groups excluding carboxylic acids is 2. The molecule has 0 bridgehead atoms. The summed E-state index contributed by atoms with van der Waals surface area (Å²) in [4.78, 5) is 24.2. The van der Waals surface area contributed by atoms with Crippen LogP contribution in [0.5, 0.6) is 0 Å². The Balaban J connectivity index is 2.03. The average molecular weight is 298 g/mol. The third-order valence-electron chi connectivity index (χ3n) is 3.36. The first-order chi connectivity index (χ1) is 10.5. The highest BCUT2D eigenvalue weighted by Gasteiger charge is 2.20. The fourth-order valence-electron chi connectivity index (χ4n) is 1.98. The van der Waals surface area contributed by atoms with Gasteiger partial charge in [-0.3, -0.25) is 4.79 Å². The summed E-state index contributed by atoms with van der Waals surface area (Å²) in [5.41, 5.74) is 2.63. The van der Waals surface area contributed by atoms with Gasteiger partial charge in [-0.25, -0.2) is 4.79 Å². The van der Waals surface area contributed by atoms with E-state index in [1.807, 2.05) is 19.1 Å². The van der Waals surface area contributed by atoms with E-state index in [2.05, 4.69) is 0 Å². The summed E-state index contributed by atoms with van der Waals surface area (Å²) in [7, 11) is 0. The second-order valence-corrected chi connectivity index (χ2v) is 5.13. The number of ether oxygens (including phenoxy) is 1. The van der Waals surface area contributed by atoms with Crippen molar-refractivity contribution in [2.24, 2.45) is 0 Å². The van der Waals surface area contributed by atoms with Crippen molar-refractivity contribution in [3.05, 3.63) is 70.8 Å². The molecule has 0 radical (unpaired) electrons. The topological polar surface area (TPSA) is 63.6 Å².